The van der Waals surface area contributed by atoms with E-state index < -0.39 is 0 Å². The van der Waals surface area contributed by atoms with Crippen molar-refractivity contribution in [2.45, 2.75) is 29.7 Å². The van der Waals surface area contributed by atoms with Crippen LogP contribution < -0.4 is 10.6 Å². The second kappa shape index (κ2) is 5.92. The molecule has 0 saturated heterocycles. The van der Waals surface area contributed by atoms with Crippen molar-refractivity contribution in [1.82, 2.24) is 5.32 Å². The van der Waals surface area contributed by atoms with E-state index in [1.54, 1.807) is 11.8 Å². The molecular weight excluding hydrogens is 280 g/mol. The fourth-order valence-electron chi connectivity index (χ4n) is 2.53. The van der Waals surface area contributed by atoms with Gasteiger partial charge >= 0.3 is 0 Å². The van der Waals surface area contributed by atoms with Crippen molar-refractivity contribution in [2.24, 2.45) is 0 Å². The second-order valence-corrected chi connectivity index (χ2v) is 6.29. The highest BCUT2D eigenvalue weighted by molar-refractivity contribution is 7.99. The van der Waals surface area contributed by atoms with Gasteiger partial charge < -0.3 is 10.6 Å². The molecule has 1 unspecified atom stereocenters. The Hall–Kier alpha value is -1.78. The van der Waals surface area contributed by atoms with Crippen molar-refractivity contribution < 1.29 is 4.79 Å². The van der Waals surface area contributed by atoms with E-state index >= 15 is 0 Å². The second-order valence-electron chi connectivity index (χ2n) is 5.15. The first-order valence-electron chi connectivity index (χ1n) is 7.10. The maximum atomic E-state index is 12.0. The third-order valence-electron chi connectivity index (χ3n) is 3.49. The van der Waals surface area contributed by atoms with Crippen LogP contribution in [0.25, 0.3) is 0 Å². The van der Waals surface area contributed by atoms with E-state index in [4.69, 9.17) is 0 Å². The lowest BCUT2D eigenvalue weighted by Crippen LogP contribution is -2.27. The molecule has 1 amide bonds. The molecule has 0 saturated carbocycles. The lowest BCUT2D eigenvalue weighted by molar-refractivity contribution is -0.117. The molecule has 3 rings (SSSR count). The smallest absolute Gasteiger partial charge is 0.246 e. The number of anilines is 1. The van der Waals surface area contributed by atoms with Crippen LogP contribution in [0.4, 0.5) is 5.69 Å². The maximum Gasteiger partial charge on any atom is 0.246 e. The Bertz CT molecular complexity index is 684. The predicted octanol–water partition coefficient (Wildman–Crippen LogP) is 3.75. The summed E-state index contributed by atoms with van der Waals surface area (Å²) in [5, 5.41) is 6.16. The van der Waals surface area contributed by atoms with Gasteiger partial charge in [-0.05, 0) is 37.7 Å². The molecule has 2 aromatic carbocycles. The highest BCUT2D eigenvalue weighted by Gasteiger charge is 2.29. The van der Waals surface area contributed by atoms with Crippen molar-refractivity contribution in [3.05, 3.63) is 53.6 Å². The van der Waals surface area contributed by atoms with Crippen LogP contribution in [-0.4, -0.2) is 12.5 Å². The molecule has 0 aromatic heterocycles. The van der Waals surface area contributed by atoms with Gasteiger partial charge in [-0.2, -0.15) is 0 Å². The first-order chi connectivity index (χ1) is 10.2. The van der Waals surface area contributed by atoms with Gasteiger partial charge in [0.15, 0.2) is 0 Å². The molecule has 2 N–H and O–H groups in total. The van der Waals surface area contributed by atoms with Crippen molar-refractivity contribution in [2.75, 3.05) is 11.9 Å². The Morgan fingerprint density at radius 1 is 1.19 bits per heavy atom. The standard InChI is InChI=1S/C17H18N2OS/c1-3-18-16-14-8-7-13(10-15(14)19-17(16)20)21-12-6-4-5-11(2)9-12/h4-10,16,18H,3H2,1-2H3,(H,19,20). The van der Waals surface area contributed by atoms with Gasteiger partial charge in [0.1, 0.15) is 6.04 Å². The Kier molecular flexibility index (Phi) is 3.99. The summed E-state index contributed by atoms with van der Waals surface area (Å²) in [6.45, 7) is 4.87. The van der Waals surface area contributed by atoms with Gasteiger partial charge in [0.25, 0.3) is 0 Å². The fraction of sp³-hybridized carbons (Fsp3) is 0.235. The largest absolute Gasteiger partial charge is 0.324 e. The fourth-order valence-corrected chi connectivity index (χ4v) is 3.50. The van der Waals surface area contributed by atoms with Crippen LogP contribution in [0.2, 0.25) is 0 Å². The van der Waals surface area contributed by atoms with Gasteiger partial charge in [-0.15, -0.1) is 0 Å². The van der Waals surface area contributed by atoms with E-state index in [9.17, 15) is 4.79 Å². The number of hydrogen-bond donors (Lipinski definition) is 2. The lowest BCUT2D eigenvalue weighted by Gasteiger charge is -2.09. The van der Waals surface area contributed by atoms with Crippen LogP contribution in [0.15, 0.2) is 52.3 Å². The summed E-state index contributed by atoms with van der Waals surface area (Å²) in [5.74, 6) is 0.0320. The number of nitrogens with one attached hydrogen (secondary N) is 2. The van der Waals surface area contributed by atoms with E-state index in [0.717, 1.165) is 22.7 Å². The average Bonchev–Trinajstić information content (AvgIpc) is 2.75. The Labute approximate surface area is 129 Å². The first-order valence-corrected chi connectivity index (χ1v) is 7.91. The third kappa shape index (κ3) is 2.96. The van der Waals surface area contributed by atoms with Gasteiger partial charge in [-0.1, -0.05) is 42.4 Å². The molecule has 21 heavy (non-hydrogen) atoms. The van der Waals surface area contributed by atoms with Gasteiger partial charge in [-0.25, -0.2) is 0 Å². The first kappa shape index (κ1) is 14.2. The van der Waals surface area contributed by atoms with Gasteiger partial charge in [0.05, 0.1) is 0 Å². The zero-order chi connectivity index (χ0) is 14.8. The summed E-state index contributed by atoms with van der Waals surface area (Å²) in [5.41, 5.74) is 3.21. The van der Waals surface area contributed by atoms with Gasteiger partial charge in [0.2, 0.25) is 5.91 Å². The quantitative estimate of drug-likeness (QED) is 0.903. The minimum atomic E-state index is -0.219. The zero-order valence-electron chi connectivity index (χ0n) is 12.1. The van der Waals surface area contributed by atoms with E-state index in [0.29, 0.717) is 0 Å². The molecule has 1 aliphatic heterocycles. The number of aryl methyl sites for hydroxylation is 1. The summed E-state index contributed by atoms with van der Waals surface area (Å²) in [6, 6.07) is 14.4. The summed E-state index contributed by atoms with van der Waals surface area (Å²) < 4.78 is 0. The number of rotatable bonds is 4. The number of carbonyl (C=O) groups excluding carboxylic acids is 1. The summed E-state index contributed by atoms with van der Waals surface area (Å²) in [6.07, 6.45) is 0. The minimum absolute atomic E-state index is 0.0320. The Morgan fingerprint density at radius 2 is 2.00 bits per heavy atom. The molecule has 0 fully saturated rings. The zero-order valence-corrected chi connectivity index (χ0v) is 13.0. The molecule has 0 aliphatic carbocycles. The van der Waals surface area contributed by atoms with Crippen LogP contribution in [0, 0.1) is 6.92 Å². The van der Waals surface area contributed by atoms with Crippen LogP contribution in [0.1, 0.15) is 24.1 Å². The normalized spacial score (nSPS) is 16.7. The van der Waals surface area contributed by atoms with Gasteiger partial charge in [0, 0.05) is 21.0 Å². The Balaban J connectivity index is 1.84. The lowest BCUT2D eigenvalue weighted by atomic mass is 10.1. The molecule has 1 heterocycles. The van der Waals surface area contributed by atoms with Crippen LogP contribution in [0.3, 0.4) is 0 Å². The van der Waals surface area contributed by atoms with E-state index in [2.05, 4.69) is 54.0 Å². The topological polar surface area (TPSA) is 41.1 Å². The SMILES string of the molecule is CCNC1C(=O)Nc2cc(Sc3cccc(C)c3)ccc21. The highest BCUT2D eigenvalue weighted by atomic mass is 32.2. The molecule has 4 heteroatoms. The number of fused-ring (bicyclic) bond motifs is 1. The molecule has 1 aliphatic rings. The minimum Gasteiger partial charge on any atom is -0.324 e. The van der Waals surface area contributed by atoms with Crippen molar-refractivity contribution in [1.29, 1.82) is 0 Å². The molecule has 1 atom stereocenters. The number of benzene rings is 2. The molecule has 0 radical (unpaired) electrons. The molecule has 0 bridgehead atoms. The average molecular weight is 298 g/mol. The van der Waals surface area contributed by atoms with E-state index in [-0.39, 0.29) is 11.9 Å². The summed E-state index contributed by atoms with van der Waals surface area (Å²) in [7, 11) is 0. The van der Waals surface area contributed by atoms with Crippen molar-refractivity contribution in [3.8, 4) is 0 Å². The number of amides is 1. The third-order valence-corrected chi connectivity index (χ3v) is 4.47. The predicted molar refractivity (Wildman–Crippen MR) is 86.8 cm³/mol. The van der Waals surface area contributed by atoms with Crippen molar-refractivity contribution in [3.63, 3.8) is 0 Å². The molecule has 2 aromatic rings. The molecule has 108 valence electrons. The van der Waals surface area contributed by atoms with Crippen LogP contribution in [0.5, 0.6) is 0 Å². The molecule has 0 spiro atoms. The van der Waals surface area contributed by atoms with Crippen LogP contribution in [-0.2, 0) is 4.79 Å². The Morgan fingerprint density at radius 3 is 2.76 bits per heavy atom. The van der Waals surface area contributed by atoms with Gasteiger partial charge in [-0.3, -0.25) is 4.79 Å². The summed E-state index contributed by atoms with van der Waals surface area (Å²) >= 11 is 1.71. The number of hydrogen-bond acceptors (Lipinski definition) is 3. The van der Waals surface area contributed by atoms with E-state index in [1.807, 2.05) is 13.0 Å². The van der Waals surface area contributed by atoms with Crippen molar-refractivity contribution >= 4 is 23.4 Å². The maximum absolute atomic E-state index is 12.0. The summed E-state index contributed by atoms with van der Waals surface area (Å²) in [4.78, 5) is 14.3. The van der Waals surface area contributed by atoms with Crippen LogP contribution >= 0.6 is 11.8 Å². The van der Waals surface area contributed by atoms with E-state index in [1.165, 1.54) is 10.5 Å². The number of likely N-dealkylation sites (N-methyl/N-ethyl adjacent to an activating group) is 1. The molecular formula is C17H18N2OS. The highest BCUT2D eigenvalue weighted by Crippen LogP contribution is 2.36. The molecule has 3 nitrogen and oxygen atoms in total. The number of carbonyl (C=O) groups is 1. The monoisotopic (exact) mass is 298 g/mol.